The predicted octanol–water partition coefficient (Wildman–Crippen LogP) is 1.17. The number of sulfonamides is 1. The van der Waals surface area contributed by atoms with Gasteiger partial charge in [0.25, 0.3) is 0 Å². The first-order valence-electron chi connectivity index (χ1n) is 7.90. The van der Waals surface area contributed by atoms with Crippen molar-refractivity contribution in [3.8, 4) is 0 Å². The third kappa shape index (κ3) is 6.08. The molecular formula is C14H31N3O2S. The molecule has 0 saturated carbocycles. The lowest BCUT2D eigenvalue weighted by Gasteiger charge is -2.33. The van der Waals surface area contributed by atoms with Gasteiger partial charge in [0, 0.05) is 19.1 Å². The average Bonchev–Trinajstić information content (AvgIpc) is 2.42. The number of nitrogens with one attached hydrogen (secondary N) is 2. The summed E-state index contributed by atoms with van der Waals surface area (Å²) < 4.78 is 26.7. The van der Waals surface area contributed by atoms with Crippen molar-refractivity contribution in [2.75, 3.05) is 32.7 Å². The number of piperidine rings is 1. The van der Waals surface area contributed by atoms with Gasteiger partial charge in [-0.15, -0.1) is 0 Å². The van der Waals surface area contributed by atoms with Gasteiger partial charge in [-0.05, 0) is 52.7 Å². The van der Waals surface area contributed by atoms with E-state index in [1.54, 1.807) is 6.92 Å². The van der Waals surface area contributed by atoms with Crippen LogP contribution in [0.5, 0.6) is 0 Å². The zero-order chi connectivity index (χ0) is 15.0. The molecule has 0 amide bonds. The van der Waals surface area contributed by atoms with Crippen LogP contribution in [0.15, 0.2) is 0 Å². The summed E-state index contributed by atoms with van der Waals surface area (Å²) in [5.74, 6) is 0. The molecule has 1 saturated heterocycles. The number of rotatable bonds is 9. The van der Waals surface area contributed by atoms with E-state index in [9.17, 15) is 8.42 Å². The average molecular weight is 305 g/mol. The SMILES string of the molecule is CCNCC(C)S(=O)(=O)NCCCN1CCCCC1C. The summed E-state index contributed by atoms with van der Waals surface area (Å²) in [5.41, 5.74) is 0. The van der Waals surface area contributed by atoms with Crippen LogP contribution in [0.1, 0.15) is 46.5 Å². The van der Waals surface area contributed by atoms with Crippen molar-refractivity contribution in [2.45, 2.75) is 57.7 Å². The Morgan fingerprint density at radius 3 is 2.75 bits per heavy atom. The summed E-state index contributed by atoms with van der Waals surface area (Å²) in [6.45, 7) is 9.99. The monoisotopic (exact) mass is 305 g/mol. The highest BCUT2D eigenvalue weighted by molar-refractivity contribution is 7.90. The van der Waals surface area contributed by atoms with E-state index >= 15 is 0 Å². The number of likely N-dealkylation sites (tertiary alicyclic amines) is 1. The first kappa shape index (κ1) is 17.9. The van der Waals surface area contributed by atoms with Crippen LogP contribution in [0.25, 0.3) is 0 Å². The van der Waals surface area contributed by atoms with Crippen LogP contribution in [-0.2, 0) is 10.0 Å². The molecular weight excluding hydrogens is 274 g/mol. The number of hydrogen-bond donors (Lipinski definition) is 2. The van der Waals surface area contributed by atoms with E-state index in [0.29, 0.717) is 19.1 Å². The van der Waals surface area contributed by atoms with Crippen LogP contribution in [0.4, 0.5) is 0 Å². The molecule has 1 heterocycles. The number of hydrogen-bond acceptors (Lipinski definition) is 4. The van der Waals surface area contributed by atoms with E-state index in [4.69, 9.17) is 0 Å². The van der Waals surface area contributed by atoms with Gasteiger partial charge < -0.3 is 10.2 Å². The fraction of sp³-hybridized carbons (Fsp3) is 1.00. The fourth-order valence-corrected chi connectivity index (χ4v) is 3.64. The number of nitrogens with zero attached hydrogens (tertiary/aromatic N) is 1. The van der Waals surface area contributed by atoms with Crippen molar-refractivity contribution >= 4 is 10.0 Å². The molecule has 0 aromatic rings. The highest BCUT2D eigenvalue weighted by atomic mass is 32.2. The Bertz CT molecular complexity index is 359. The molecule has 0 bridgehead atoms. The molecule has 2 N–H and O–H groups in total. The first-order valence-corrected chi connectivity index (χ1v) is 9.45. The summed E-state index contributed by atoms with van der Waals surface area (Å²) in [5, 5.41) is 2.70. The summed E-state index contributed by atoms with van der Waals surface area (Å²) in [7, 11) is -3.18. The summed E-state index contributed by atoms with van der Waals surface area (Å²) >= 11 is 0. The second kappa shape index (κ2) is 8.97. The lowest BCUT2D eigenvalue weighted by Crippen LogP contribution is -2.41. The largest absolute Gasteiger partial charge is 0.316 e. The van der Waals surface area contributed by atoms with E-state index in [2.05, 4.69) is 21.9 Å². The third-order valence-corrected chi connectivity index (χ3v) is 5.91. The zero-order valence-corrected chi connectivity index (χ0v) is 14.0. The Kier molecular flexibility index (Phi) is 8.02. The molecule has 2 atom stereocenters. The molecule has 0 radical (unpaired) electrons. The molecule has 1 fully saturated rings. The Morgan fingerprint density at radius 2 is 2.10 bits per heavy atom. The van der Waals surface area contributed by atoms with E-state index in [1.165, 1.54) is 19.3 Å². The second-order valence-electron chi connectivity index (χ2n) is 5.79. The van der Waals surface area contributed by atoms with Gasteiger partial charge in [-0.2, -0.15) is 0 Å². The summed E-state index contributed by atoms with van der Waals surface area (Å²) in [6.07, 6.45) is 4.75. The predicted molar refractivity (Wildman–Crippen MR) is 84.4 cm³/mol. The zero-order valence-electron chi connectivity index (χ0n) is 13.2. The van der Waals surface area contributed by atoms with Gasteiger partial charge in [-0.25, -0.2) is 13.1 Å². The van der Waals surface area contributed by atoms with Crippen LogP contribution in [0, 0.1) is 0 Å². The minimum absolute atomic E-state index is 0.378. The molecule has 1 aliphatic rings. The Morgan fingerprint density at radius 1 is 1.35 bits per heavy atom. The maximum absolute atomic E-state index is 12.0. The van der Waals surface area contributed by atoms with E-state index in [0.717, 1.165) is 26.1 Å². The molecule has 0 aromatic carbocycles. The van der Waals surface area contributed by atoms with Crippen molar-refractivity contribution in [1.82, 2.24) is 14.9 Å². The molecule has 1 rings (SSSR count). The molecule has 5 nitrogen and oxygen atoms in total. The first-order chi connectivity index (χ1) is 9.47. The molecule has 0 aromatic heterocycles. The third-order valence-electron chi connectivity index (χ3n) is 4.08. The van der Waals surface area contributed by atoms with Crippen LogP contribution < -0.4 is 10.0 Å². The van der Waals surface area contributed by atoms with Crippen LogP contribution >= 0.6 is 0 Å². The summed E-state index contributed by atoms with van der Waals surface area (Å²) in [4.78, 5) is 2.47. The molecule has 20 heavy (non-hydrogen) atoms. The lowest BCUT2D eigenvalue weighted by atomic mass is 10.0. The van der Waals surface area contributed by atoms with E-state index < -0.39 is 10.0 Å². The van der Waals surface area contributed by atoms with Gasteiger partial charge in [0.05, 0.1) is 5.25 Å². The molecule has 0 spiro atoms. The molecule has 6 heteroatoms. The Balaban J connectivity index is 2.22. The van der Waals surface area contributed by atoms with Gasteiger partial charge in [0.15, 0.2) is 0 Å². The van der Waals surface area contributed by atoms with Gasteiger partial charge in [0.1, 0.15) is 0 Å². The molecule has 2 unspecified atom stereocenters. The van der Waals surface area contributed by atoms with Gasteiger partial charge in [0.2, 0.25) is 10.0 Å². The highest BCUT2D eigenvalue weighted by Crippen LogP contribution is 2.16. The fourth-order valence-electron chi connectivity index (χ4n) is 2.59. The molecule has 0 aliphatic carbocycles. The standard InChI is InChI=1S/C14H31N3O2S/c1-4-15-12-14(3)20(18,19)16-9-7-11-17-10-6-5-8-13(17)2/h13-16H,4-12H2,1-3H3. The van der Waals surface area contributed by atoms with E-state index in [-0.39, 0.29) is 5.25 Å². The van der Waals surface area contributed by atoms with E-state index in [1.807, 2.05) is 6.92 Å². The molecule has 1 aliphatic heterocycles. The maximum Gasteiger partial charge on any atom is 0.215 e. The smallest absolute Gasteiger partial charge is 0.215 e. The van der Waals surface area contributed by atoms with Crippen molar-refractivity contribution in [1.29, 1.82) is 0 Å². The van der Waals surface area contributed by atoms with Gasteiger partial charge in [-0.1, -0.05) is 13.3 Å². The van der Waals surface area contributed by atoms with Crippen molar-refractivity contribution in [3.05, 3.63) is 0 Å². The van der Waals surface area contributed by atoms with Crippen molar-refractivity contribution in [3.63, 3.8) is 0 Å². The van der Waals surface area contributed by atoms with Crippen molar-refractivity contribution < 1.29 is 8.42 Å². The minimum Gasteiger partial charge on any atom is -0.316 e. The lowest BCUT2D eigenvalue weighted by molar-refractivity contribution is 0.159. The highest BCUT2D eigenvalue weighted by Gasteiger charge is 2.20. The normalized spacial score (nSPS) is 22.9. The van der Waals surface area contributed by atoms with Crippen LogP contribution in [-0.4, -0.2) is 57.3 Å². The molecule has 120 valence electrons. The Labute approximate surface area is 124 Å². The topological polar surface area (TPSA) is 61.4 Å². The quantitative estimate of drug-likeness (QED) is 0.628. The van der Waals surface area contributed by atoms with Crippen LogP contribution in [0.2, 0.25) is 0 Å². The van der Waals surface area contributed by atoms with Crippen molar-refractivity contribution in [2.24, 2.45) is 0 Å². The second-order valence-corrected chi connectivity index (χ2v) is 7.98. The Hall–Kier alpha value is -0.170. The summed E-state index contributed by atoms with van der Waals surface area (Å²) in [6, 6.07) is 0.646. The van der Waals surface area contributed by atoms with Crippen LogP contribution in [0.3, 0.4) is 0 Å². The van der Waals surface area contributed by atoms with Gasteiger partial charge in [-0.3, -0.25) is 0 Å². The van der Waals surface area contributed by atoms with Gasteiger partial charge >= 0.3 is 0 Å². The maximum atomic E-state index is 12.0. The minimum atomic E-state index is -3.18.